The summed E-state index contributed by atoms with van der Waals surface area (Å²) in [5.41, 5.74) is 1.74. The zero-order valence-electron chi connectivity index (χ0n) is 12.4. The lowest BCUT2D eigenvalue weighted by atomic mass is 10.1. The highest BCUT2D eigenvalue weighted by Gasteiger charge is 2.27. The number of guanidine groups is 1. The first-order chi connectivity index (χ1) is 10.5. The molecule has 0 radical (unpaired) electrons. The maximum Gasteiger partial charge on any atom is 0.411 e. The Morgan fingerprint density at radius 2 is 1.86 bits per heavy atom. The molecule has 0 amide bonds. The average Bonchev–Trinajstić information content (AvgIpc) is 3.27. The number of rotatable bonds is 6. The van der Waals surface area contributed by atoms with Gasteiger partial charge in [-0.05, 0) is 24.0 Å². The molecule has 1 aliphatic rings. The lowest BCUT2D eigenvalue weighted by Gasteiger charge is -2.11. The van der Waals surface area contributed by atoms with E-state index in [0.29, 0.717) is 18.2 Å². The minimum absolute atomic E-state index is 0.0435. The van der Waals surface area contributed by atoms with Crippen LogP contribution in [-0.2, 0) is 17.9 Å². The summed E-state index contributed by atoms with van der Waals surface area (Å²) < 4.78 is 40.5. The van der Waals surface area contributed by atoms with Gasteiger partial charge in [0, 0.05) is 19.6 Å². The third-order valence-corrected chi connectivity index (χ3v) is 3.16. The Hall–Kier alpha value is -1.76. The lowest BCUT2D eigenvalue weighted by molar-refractivity contribution is -0.176. The highest BCUT2D eigenvalue weighted by atomic mass is 19.4. The third kappa shape index (κ3) is 6.34. The number of halogens is 3. The van der Waals surface area contributed by atoms with Crippen LogP contribution in [0.25, 0.3) is 0 Å². The molecule has 1 aromatic rings. The largest absolute Gasteiger partial charge is 0.411 e. The zero-order valence-corrected chi connectivity index (χ0v) is 12.4. The summed E-state index contributed by atoms with van der Waals surface area (Å²) in [6.07, 6.45) is -1.94. The van der Waals surface area contributed by atoms with Crippen LogP contribution in [0.5, 0.6) is 0 Å². The summed E-state index contributed by atoms with van der Waals surface area (Å²) in [5, 5.41) is 6.48. The van der Waals surface area contributed by atoms with Gasteiger partial charge in [0.1, 0.15) is 6.61 Å². The molecule has 0 aromatic heterocycles. The number of ether oxygens (including phenoxy) is 1. The fraction of sp³-hybridized carbons (Fsp3) is 0.533. The fourth-order valence-corrected chi connectivity index (χ4v) is 1.84. The average molecular weight is 315 g/mol. The number of aliphatic imine (C=N–C) groups is 1. The van der Waals surface area contributed by atoms with E-state index in [9.17, 15) is 13.2 Å². The second-order valence-electron chi connectivity index (χ2n) is 5.27. The minimum Gasteiger partial charge on any atom is -0.367 e. The molecule has 0 saturated heterocycles. The van der Waals surface area contributed by atoms with Crippen molar-refractivity contribution in [2.75, 3.05) is 13.7 Å². The van der Waals surface area contributed by atoms with Crippen LogP contribution in [0.3, 0.4) is 0 Å². The van der Waals surface area contributed by atoms with E-state index in [1.807, 2.05) is 12.1 Å². The van der Waals surface area contributed by atoms with Crippen molar-refractivity contribution in [2.45, 2.75) is 38.2 Å². The van der Waals surface area contributed by atoms with Gasteiger partial charge in [-0.15, -0.1) is 0 Å². The first kappa shape index (κ1) is 16.6. The van der Waals surface area contributed by atoms with Gasteiger partial charge in [-0.3, -0.25) is 4.99 Å². The van der Waals surface area contributed by atoms with E-state index in [4.69, 9.17) is 0 Å². The van der Waals surface area contributed by atoms with E-state index in [2.05, 4.69) is 20.4 Å². The molecule has 0 atom stereocenters. The maximum atomic E-state index is 12.0. The quantitative estimate of drug-likeness (QED) is 0.626. The van der Waals surface area contributed by atoms with Crippen LogP contribution >= 0.6 is 0 Å². The highest BCUT2D eigenvalue weighted by Crippen LogP contribution is 2.18. The summed E-state index contributed by atoms with van der Waals surface area (Å²) in [7, 11) is 1.72. The Morgan fingerprint density at radius 3 is 2.41 bits per heavy atom. The first-order valence-corrected chi connectivity index (χ1v) is 7.16. The molecule has 0 heterocycles. The van der Waals surface area contributed by atoms with E-state index in [-0.39, 0.29) is 6.61 Å². The number of nitrogens with zero attached hydrogens (tertiary/aromatic N) is 1. The van der Waals surface area contributed by atoms with E-state index in [1.54, 1.807) is 19.2 Å². The van der Waals surface area contributed by atoms with Gasteiger partial charge in [0.05, 0.1) is 6.61 Å². The number of benzene rings is 1. The van der Waals surface area contributed by atoms with Crippen LogP contribution in [0.15, 0.2) is 29.3 Å². The molecular formula is C15H20F3N3O. The van der Waals surface area contributed by atoms with E-state index in [1.165, 1.54) is 12.8 Å². The summed E-state index contributed by atoms with van der Waals surface area (Å²) >= 11 is 0. The van der Waals surface area contributed by atoms with E-state index < -0.39 is 12.8 Å². The molecule has 122 valence electrons. The van der Waals surface area contributed by atoms with Crippen LogP contribution < -0.4 is 10.6 Å². The molecule has 0 unspecified atom stereocenters. The number of hydrogen-bond acceptors (Lipinski definition) is 2. The Morgan fingerprint density at radius 1 is 1.23 bits per heavy atom. The normalized spacial score (nSPS) is 15.7. The van der Waals surface area contributed by atoms with Crippen LogP contribution in [0.4, 0.5) is 13.2 Å². The summed E-state index contributed by atoms with van der Waals surface area (Å²) in [5.74, 6) is 0.764. The molecular weight excluding hydrogens is 295 g/mol. The van der Waals surface area contributed by atoms with Gasteiger partial charge in [0.2, 0.25) is 0 Å². The van der Waals surface area contributed by atoms with Crippen molar-refractivity contribution < 1.29 is 17.9 Å². The van der Waals surface area contributed by atoms with Crippen LogP contribution in [-0.4, -0.2) is 31.8 Å². The molecule has 0 spiro atoms. The number of nitrogens with one attached hydrogen (secondary N) is 2. The van der Waals surface area contributed by atoms with Gasteiger partial charge < -0.3 is 15.4 Å². The molecule has 2 rings (SSSR count). The van der Waals surface area contributed by atoms with Crippen molar-refractivity contribution >= 4 is 5.96 Å². The Labute approximate surface area is 127 Å². The van der Waals surface area contributed by atoms with Gasteiger partial charge in [-0.25, -0.2) is 0 Å². The molecule has 1 aliphatic carbocycles. The molecule has 0 aliphatic heterocycles. The second-order valence-corrected chi connectivity index (χ2v) is 5.27. The zero-order chi connectivity index (χ0) is 16.0. The second kappa shape index (κ2) is 7.49. The summed E-state index contributed by atoms with van der Waals surface area (Å²) in [6.45, 7) is -0.659. The van der Waals surface area contributed by atoms with E-state index in [0.717, 1.165) is 11.5 Å². The Bertz CT molecular complexity index is 496. The molecule has 1 saturated carbocycles. The summed E-state index contributed by atoms with van der Waals surface area (Å²) in [4.78, 5) is 4.13. The number of alkyl halides is 3. The standard InChI is InChI=1S/C15H20F3N3O/c1-19-14(21-13-6-7-13)20-8-11-2-4-12(5-3-11)9-22-10-15(16,17)18/h2-5,13H,6-10H2,1H3,(H2,19,20,21). The van der Waals surface area contributed by atoms with Crippen molar-refractivity contribution in [1.82, 2.24) is 10.6 Å². The number of hydrogen-bond donors (Lipinski definition) is 2. The van der Waals surface area contributed by atoms with Gasteiger partial charge in [0.25, 0.3) is 0 Å². The highest BCUT2D eigenvalue weighted by molar-refractivity contribution is 5.80. The monoisotopic (exact) mass is 315 g/mol. The van der Waals surface area contributed by atoms with Crippen LogP contribution in [0.1, 0.15) is 24.0 Å². The molecule has 2 N–H and O–H groups in total. The van der Waals surface area contributed by atoms with Crippen molar-refractivity contribution in [2.24, 2.45) is 4.99 Å². The molecule has 7 heteroatoms. The topological polar surface area (TPSA) is 45.7 Å². The molecule has 1 aromatic carbocycles. The molecule has 4 nitrogen and oxygen atoms in total. The van der Waals surface area contributed by atoms with Crippen molar-refractivity contribution in [3.8, 4) is 0 Å². The summed E-state index contributed by atoms with van der Waals surface area (Å²) in [6, 6.07) is 7.79. The van der Waals surface area contributed by atoms with Gasteiger partial charge in [-0.2, -0.15) is 13.2 Å². The SMILES string of the molecule is CN=C(NCc1ccc(COCC(F)(F)F)cc1)NC1CC1. The van der Waals surface area contributed by atoms with Crippen molar-refractivity contribution in [1.29, 1.82) is 0 Å². The predicted molar refractivity (Wildman–Crippen MR) is 78.5 cm³/mol. The molecule has 0 bridgehead atoms. The first-order valence-electron chi connectivity index (χ1n) is 7.16. The van der Waals surface area contributed by atoms with Crippen molar-refractivity contribution in [3.63, 3.8) is 0 Å². The van der Waals surface area contributed by atoms with Crippen LogP contribution in [0.2, 0.25) is 0 Å². The molecule has 1 fully saturated rings. The Kier molecular flexibility index (Phi) is 5.65. The fourth-order valence-electron chi connectivity index (χ4n) is 1.84. The minimum atomic E-state index is -4.28. The van der Waals surface area contributed by atoms with Gasteiger partial charge in [0.15, 0.2) is 5.96 Å². The van der Waals surface area contributed by atoms with Crippen molar-refractivity contribution in [3.05, 3.63) is 35.4 Å². The third-order valence-electron chi connectivity index (χ3n) is 3.16. The predicted octanol–water partition coefficient (Wildman–Crippen LogP) is 2.59. The van der Waals surface area contributed by atoms with Crippen LogP contribution in [0, 0.1) is 0 Å². The van der Waals surface area contributed by atoms with E-state index >= 15 is 0 Å². The smallest absolute Gasteiger partial charge is 0.367 e. The lowest BCUT2D eigenvalue weighted by Crippen LogP contribution is -2.38. The van der Waals surface area contributed by atoms with Gasteiger partial charge in [-0.1, -0.05) is 24.3 Å². The maximum absolute atomic E-state index is 12.0. The van der Waals surface area contributed by atoms with Gasteiger partial charge >= 0.3 is 6.18 Å². The molecule has 22 heavy (non-hydrogen) atoms. The Balaban J connectivity index is 1.73.